The fourth-order valence-corrected chi connectivity index (χ4v) is 3.85. The van der Waals surface area contributed by atoms with Gasteiger partial charge >= 0.3 is 0 Å². The predicted octanol–water partition coefficient (Wildman–Crippen LogP) is 4.61. The summed E-state index contributed by atoms with van der Waals surface area (Å²) in [5, 5.41) is 0. The fourth-order valence-electron chi connectivity index (χ4n) is 3.51. The molecule has 2 aromatic heterocycles. The van der Waals surface area contributed by atoms with Gasteiger partial charge in [-0.3, -0.25) is 9.59 Å². The Labute approximate surface area is 180 Å². The lowest BCUT2D eigenvalue weighted by molar-refractivity contribution is 0.0785. The van der Waals surface area contributed by atoms with Gasteiger partial charge in [-0.2, -0.15) is 0 Å². The molecule has 0 aliphatic carbocycles. The molecule has 1 aliphatic rings. The number of carbonyl (C=O) groups excluding carboxylic acids is 2. The summed E-state index contributed by atoms with van der Waals surface area (Å²) in [7, 11) is 0. The predicted molar refractivity (Wildman–Crippen MR) is 111 cm³/mol. The van der Waals surface area contributed by atoms with Crippen molar-refractivity contribution in [3.63, 3.8) is 0 Å². The average molecular weight is 470 g/mol. The molecule has 1 fully saturated rings. The lowest BCUT2D eigenvalue weighted by Gasteiger charge is -2.17. The van der Waals surface area contributed by atoms with Crippen LogP contribution in [0.1, 0.15) is 38.7 Å². The molecule has 0 spiro atoms. The van der Waals surface area contributed by atoms with Crippen molar-refractivity contribution in [2.24, 2.45) is 0 Å². The molecule has 3 aromatic rings. The SMILES string of the molecule is O=Cc1cc(Oc2ncccc2Br)ccc1C1CCN(C(=O)c2ccc(F)cn2)C1. The zero-order chi connectivity index (χ0) is 21.1. The van der Waals surface area contributed by atoms with Gasteiger partial charge in [-0.1, -0.05) is 6.07 Å². The van der Waals surface area contributed by atoms with Gasteiger partial charge in [0.2, 0.25) is 5.88 Å². The Hall–Kier alpha value is -3.13. The molecule has 0 N–H and O–H groups in total. The summed E-state index contributed by atoms with van der Waals surface area (Å²) in [4.78, 5) is 34.0. The third kappa shape index (κ3) is 4.23. The molecule has 152 valence electrons. The van der Waals surface area contributed by atoms with Crippen molar-refractivity contribution in [2.75, 3.05) is 13.1 Å². The number of benzene rings is 1. The van der Waals surface area contributed by atoms with E-state index in [-0.39, 0.29) is 17.5 Å². The van der Waals surface area contributed by atoms with Gasteiger partial charge in [-0.15, -0.1) is 0 Å². The highest BCUT2D eigenvalue weighted by molar-refractivity contribution is 9.10. The molecule has 1 amide bonds. The molecule has 30 heavy (non-hydrogen) atoms. The first-order valence-corrected chi connectivity index (χ1v) is 10.1. The second-order valence-electron chi connectivity index (χ2n) is 6.90. The molecular formula is C22H17BrFN3O3. The largest absolute Gasteiger partial charge is 0.438 e. The van der Waals surface area contributed by atoms with E-state index in [9.17, 15) is 14.0 Å². The van der Waals surface area contributed by atoms with Crippen LogP contribution in [-0.2, 0) is 0 Å². The van der Waals surface area contributed by atoms with Gasteiger partial charge < -0.3 is 9.64 Å². The zero-order valence-corrected chi connectivity index (χ0v) is 17.4. The van der Waals surface area contributed by atoms with E-state index in [4.69, 9.17) is 4.74 Å². The molecule has 0 radical (unpaired) electrons. The standard InChI is InChI=1S/C22H17BrFN3O3/c23-19-2-1-8-25-21(19)30-17-4-5-18(15(10-17)13-28)14-7-9-27(12-14)22(29)20-6-3-16(24)11-26-20/h1-6,8,10-11,13-14H,7,9,12H2. The molecule has 1 aliphatic heterocycles. The van der Waals surface area contributed by atoms with Crippen molar-refractivity contribution in [1.82, 2.24) is 14.9 Å². The number of likely N-dealkylation sites (tertiary alicyclic amines) is 1. The molecule has 0 saturated carbocycles. The molecule has 6 nitrogen and oxygen atoms in total. The number of halogens is 2. The number of rotatable bonds is 5. The maximum absolute atomic E-state index is 13.0. The molecule has 4 rings (SSSR count). The van der Waals surface area contributed by atoms with Crippen LogP contribution in [0.3, 0.4) is 0 Å². The number of pyridine rings is 2. The van der Waals surface area contributed by atoms with E-state index in [1.54, 1.807) is 29.3 Å². The van der Waals surface area contributed by atoms with Gasteiger partial charge in [0.25, 0.3) is 5.91 Å². The van der Waals surface area contributed by atoms with E-state index in [0.29, 0.717) is 34.8 Å². The smallest absolute Gasteiger partial charge is 0.272 e. The first kappa shape index (κ1) is 20.2. The van der Waals surface area contributed by atoms with E-state index in [0.717, 1.165) is 24.5 Å². The van der Waals surface area contributed by atoms with Crippen molar-refractivity contribution in [2.45, 2.75) is 12.3 Å². The van der Waals surface area contributed by atoms with Crippen LogP contribution >= 0.6 is 15.9 Å². The first-order chi connectivity index (χ1) is 14.5. The number of hydrogen-bond acceptors (Lipinski definition) is 5. The Morgan fingerprint density at radius 3 is 2.83 bits per heavy atom. The van der Waals surface area contributed by atoms with Gasteiger partial charge in [0.15, 0.2) is 0 Å². The van der Waals surface area contributed by atoms with Crippen molar-refractivity contribution < 1.29 is 18.7 Å². The molecule has 1 atom stereocenters. The second kappa shape index (κ2) is 8.71. The third-order valence-corrected chi connectivity index (χ3v) is 5.59. The van der Waals surface area contributed by atoms with Gasteiger partial charge in [0.05, 0.1) is 10.7 Å². The summed E-state index contributed by atoms with van der Waals surface area (Å²) < 4.78 is 19.5. The number of nitrogens with zero attached hydrogens (tertiary/aromatic N) is 3. The molecular weight excluding hydrogens is 453 g/mol. The van der Waals surface area contributed by atoms with Crippen molar-refractivity contribution in [3.05, 3.63) is 82.0 Å². The van der Waals surface area contributed by atoms with Crippen LogP contribution < -0.4 is 4.74 Å². The minimum atomic E-state index is -0.485. The van der Waals surface area contributed by atoms with Gasteiger partial charge in [-0.05, 0) is 64.3 Å². The molecule has 3 heterocycles. The molecule has 1 unspecified atom stereocenters. The topological polar surface area (TPSA) is 72.4 Å². The second-order valence-corrected chi connectivity index (χ2v) is 7.75. The van der Waals surface area contributed by atoms with Crippen molar-refractivity contribution in [3.8, 4) is 11.6 Å². The van der Waals surface area contributed by atoms with E-state index in [1.165, 1.54) is 12.1 Å². The fraction of sp³-hybridized carbons (Fsp3) is 0.182. The molecule has 0 bridgehead atoms. The Bertz CT molecular complexity index is 1090. The average Bonchev–Trinajstić information content (AvgIpc) is 3.25. The number of aromatic nitrogens is 2. The van der Waals surface area contributed by atoms with Crippen molar-refractivity contribution in [1.29, 1.82) is 0 Å². The quantitative estimate of drug-likeness (QED) is 0.510. The zero-order valence-electron chi connectivity index (χ0n) is 15.8. The number of ether oxygens (including phenoxy) is 1. The van der Waals surface area contributed by atoms with Crippen LogP contribution in [0.15, 0.2) is 59.3 Å². The van der Waals surface area contributed by atoms with Crippen LogP contribution in [0.4, 0.5) is 4.39 Å². The molecule has 1 saturated heterocycles. The minimum Gasteiger partial charge on any atom is -0.438 e. The highest BCUT2D eigenvalue weighted by Crippen LogP contribution is 2.33. The van der Waals surface area contributed by atoms with E-state index in [2.05, 4.69) is 25.9 Å². The van der Waals surface area contributed by atoms with Crippen LogP contribution in [0, 0.1) is 5.82 Å². The Balaban J connectivity index is 1.50. The van der Waals surface area contributed by atoms with Crippen LogP contribution in [-0.4, -0.2) is 40.2 Å². The Morgan fingerprint density at radius 1 is 1.23 bits per heavy atom. The van der Waals surface area contributed by atoms with Crippen LogP contribution in [0.5, 0.6) is 11.6 Å². The number of hydrogen-bond donors (Lipinski definition) is 0. The van der Waals surface area contributed by atoms with E-state index >= 15 is 0 Å². The highest BCUT2D eigenvalue weighted by atomic mass is 79.9. The Morgan fingerprint density at radius 2 is 2.10 bits per heavy atom. The first-order valence-electron chi connectivity index (χ1n) is 9.33. The summed E-state index contributed by atoms with van der Waals surface area (Å²) >= 11 is 3.38. The number of carbonyl (C=O) groups is 2. The lowest BCUT2D eigenvalue weighted by Crippen LogP contribution is -2.29. The lowest BCUT2D eigenvalue weighted by atomic mass is 9.94. The highest BCUT2D eigenvalue weighted by Gasteiger charge is 2.30. The summed E-state index contributed by atoms with van der Waals surface area (Å²) in [6.07, 6.45) is 4.17. The maximum Gasteiger partial charge on any atom is 0.272 e. The molecule has 1 aromatic carbocycles. The van der Waals surface area contributed by atoms with Gasteiger partial charge in [0, 0.05) is 30.8 Å². The van der Waals surface area contributed by atoms with E-state index in [1.807, 2.05) is 12.1 Å². The third-order valence-electron chi connectivity index (χ3n) is 4.99. The minimum absolute atomic E-state index is 0.0187. The van der Waals surface area contributed by atoms with Crippen LogP contribution in [0.2, 0.25) is 0 Å². The monoisotopic (exact) mass is 469 g/mol. The van der Waals surface area contributed by atoms with Gasteiger partial charge in [-0.25, -0.2) is 14.4 Å². The summed E-state index contributed by atoms with van der Waals surface area (Å²) in [5.74, 6) is 0.199. The van der Waals surface area contributed by atoms with E-state index < -0.39 is 5.82 Å². The summed E-state index contributed by atoms with van der Waals surface area (Å²) in [5.41, 5.74) is 1.58. The molecule has 8 heteroatoms. The van der Waals surface area contributed by atoms with Crippen molar-refractivity contribution >= 4 is 28.1 Å². The summed E-state index contributed by atoms with van der Waals surface area (Å²) in [6, 6.07) is 11.5. The number of amides is 1. The van der Waals surface area contributed by atoms with Crippen LogP contribution in [0.25, 0.3) is 0 Å². The maximum atomic E-state index is 13.0. The Kier molecular flexibility index (Phi) is 5.85. The van der Waals surface area contributed by atoms with Gasteiger partial charge in [0.1, 0.15) is 23.5 Å². The number of aldehydes is 1. The summed E-state index contributed by atoms with van der Waals surface area (Å²) in [6.45, 7) is 1.00. The normalized spacial score (nSPS) is 15.8.